The van der Waals surface area contributed by atoms with Gasteiger partial charge in [0.15, 0.2) is 0 Å². The maximum absolute atomic E-state index is 11.6. The average molecular weight is 256 g/mol. The van der Waals surface area contributed by atoms with Crippen LogP contribution in [0.3, 0.4) is 0 Å². The summed E-state index contributed by atoms with van der Waals surface area (Å²) in [7, 11) is 0. The van der Waals surface area contributed by atoms with E-state index in [9.17, 15) is 4.79 Å². The van der Waals surface area contributed by atoms with Crippen molar-refractivity contribution in [3.05, 3.63) is 0 Å². The fourth-order valence-electron chi connectivity index (χ4n) is 2.70. The summed E-state index contributed by atoms with van der Waals surface area (Å²) >= 11 is 0. The fourth-order valence-corrected chi connectivity index (χ4v) is 2.70. The highest BCUT2D eigenvalue weighted by molar-refractivity contribution is 5.73. The summed E-state index contributed by atoms with van der Waals surface area (Å²) in [6.07, 6.45) is 5.64. The Bertz CT molecular complexity index is 246. The number of unbranched alkanes of at least 4 members (excludes halogenated alkanes) is 1. The quantitative estimate of drug-likeness (QED) is 0.677. The highest BCUT2D eigenvalue weighted by Gasteiger charge is 2.27. The van der Waals surface area contributed by atoms with Crippen molar-refractivity contribution in [3.63, 3.8) is 0 Å². The largest absolute Gasteiger partial charge is 0.396 e. The molecule has 0 bridgehead atoms. The second kappa shape index (κ2) is 8.48. The Morgan fingerprint density at radius 1 is 1.39 bits per heavy atom. The molecule has 0 radical (unpaired) electrons. The SMILES string of the molecule is CCCCC1CC(NCCCO)CN(C(C)=O)C1. The molecule has 1 rings (SSSR count). The molecule has 1 saturated heterocycles. The molecule has 1 amide bonds. The number of aliphatic hydroxyl groups is 1. The first-order valence-electron chi connectivity index (χ1n) is 7.27. The molecule has 0 aromatic rings. The van der Waals surface area contributed by atoms with E-state index in [1.54, 1.807) is 6.92 Å². The van der Waals surface area contributed by atoms with Gasteiger partial charge in [0.05, 0.1) is 0 Å². The molecule has 106 valence electrons. The zero-order chi connectivity index (χ0) is 13.4. The Kier molecular flexibility index (Phi) is 7.28. The van der Waals surface area contributed by atoms with Gasteiger partial charge in [-0.2, -0.15) is 0 Å². The van der Waals surface area contributed by atoms with Gasteiger partial charge in [-0.05, 0) is 31.7 Å². The first-order valence-corrected chi connectivity index (χ1v) is 7.27. The molecule has 1 heterocycles. The van der Waals surface area contributed by atoms with E-state index in [4.69, 9.17) is 5.11 Å². The van der Waals surface area contributed by atoms with Crippen LogP contribution < -0.4 is 5.32 Å². The number of piperidine rings is 1. The lowest BCUT2D eigenvalue weighted by Crippen LogP contribution is -2.51. The van der Waals surface area contributed by atoms with Crippen LogP contribution in [0.2, 0.25) is 0 Å². The van der Waals surface area contributed by atoms with E-state index in [0.29, 0.717) is 12.0 Å². The molecule has 0 aliphatic carbocycles. The third-order valence-corrected chi connectivity index (χ3v) is 3.72. The molecule has 0 saturated carbocycles. The number of hydrogen-bond donors (Lipinski definition) is 2. The van der Waals surface area contributed by atoms with Gasteiger partial charge >= 0.3 is 0 Å². The molecular weight excluding hydrogens is 228 g/mol. The summed E-state index contributed by atoms with van der Waals surface area (Å²) in [5.41, 5.74) is 0. The van der Waals surface area contributed by atoms with Crippen molar-refractivity contribution in [1.29, 1.82) is 0 Å². The van der Waals surface area contributed by atoms with Crippen molar-refractivity contribution >= 4 is 5.91 Å². The summed E-state index contributed by atoms with van der Waals surface area (Å²) in [5, 5.41) is 12.3. The van der Waals surface area contributed by atoms with Crippen LogP contribution in [0, 0.1) is 5.92 Å². The molecule has 2 atom stereocenters. The maximum atomic E-state index is 11.6. The van der Waals surface area contributed by atoms with E-state index in [2.05, 4.69) is 12.2 Å². The number of carbonyl (C=O) groups excluding carboxylic acids is 1. The monoisotopic (exact) mass is 256 g/mol. The van der Waals surface area contributed by atoms with Gasteiger partial charge in [-0.3, -0.25) is 4.79 Å². The van der Waals surface area contributed by atoms with E-state index < -0.39 is 0 Å². The summed E-state index contributed by atoms with van der Waals surface area (Å²) < 4.78 is 0. The van der Waals surface area contributed by atoms with Crippen molar-refractivity contribution in [2.24, 2.45) is 5.92 Å². The summed E-state index contributed by atoms with van der Waals surface area (Å²) in [6, 6.07) is 0.399. The van der Waals surface area contributed by atoms with Crippen LogP contribution in [0.1, 0.15) is 46.0 Å². The average Bonchev–Trinajstić information content (AvgIpc) is 2.36. The first kappa shape index (κ1) is 15.4. The van der Waals surface area contributed by atoms with Crippen LogP contribution in [-0.4, -0.2) is 48.2 Å². The molecule has 0 aromatic carbocycles. The lowest BCUT2D eigenvalue weighted by molar-refractivity contribution is -0.131. The van der Waals surface area contributed by atoms with Crippen molar-refractivity contribution in [2.75, 3.05) is 26.2 Å². The maximum Gasteiger partial charge on any atom is 0.219 e. The van der Waals surface area contributed by atoms with Gasteiger partial charge in [0.25, 0.3) is 0 Å². The number of rotatable bonds is 7. The Labute approximate surface area is 111 Å². The molecule has 2 N–H and O–H groups in total. The second-order valence-electron chi connectivity index (χ2n) is 5.40. The Balaban J connectivity index is 2.43. The molecule has 18 heavy (non-hydrogen) atoms. The topological polar surface area (TPSA) is 52.6 Å². The van der Waals surface area contributed by atoms with Crippen LogP contribution in [-0.2, 0) is 4.79 Å². The molecule has 4 heteroatoms. The Morgan fingerprint density at radius 3 is 2.78 bits per heavy atom. The number of carbonyl (C=O) groups is 1. The normalized spacial score (nSPS) is 24.3. The van der Waals surface area contributed by atoms with Gasteiger partial charge in [0.1, 0.15) is 0 Å². The van der Waals surface area contributed by atoms with E-state index in [0.717, 1.165) is 32.5 Å². The molecule has 0 aromatic heterocycles. The number of nitrogens with zero attached hydrogens (tertiary/aromatic N) is 1. The number of hydrogen-bond acceptors (Lipinski definition) is 3. The van der Waals surface area contributed by atoms with Crippen molar-refractivity contribution < 1.29 is 9.90 Å². The number of amides is 1. The van der Waals surface area contributed by atoms with Crippen molar-refractivity contribution in [2.45, 2.75) is 52.0 Å². The van der Waals surface area contributed by atoms with Crippen LogP contribution in [0.4, 0.5) is 0 Å². The smallest absolute Gasteiger partial charge is 0.219 e. The van der Waals surface area contributed by atoms with Crippen LogP contribution >= 0.6 is 0 Å². The van der Waals surface area contributed by atoms with Crippen LogP contribution in [0.15, 0.2) is 0 Å². The predicted molar refractivity (Wildman–Crippen MR) is 73.4 cm³/mol. The van der Waals surface area contributed by atoms with Gasteiger partial charge < -0.3 is 15.3 Å². The van der Waals surface area contributed by atoms with E-state index in [1.165, 1.54) is 19.3 Å². The van der Waals surface area contributed by atoms with Crippen molar-refractivity contribution in [3.8, 4) is 0 Å². The van der Waals surface area contributed by atoms with E-state index >= 15 is 0 Å². The zero-order valence-corrected chi connectivity index (χ0v) is 11.8. The van der Waals surface area contributed by atoms with Gasteiger partial charge in [-0.15, -0.1) is 0 Å². The lowest BCUT2D eigenvalue weighted by Gasteiger charge is -2.38. The summed E-state index contributed by atoms with van der Waals surface area (Å²) in [4.78, 5) is 13.5. The minimum Gasteiger partial charge on any atom is -0.396 e. The van der Waals surface area contributed by atoms with Gasteiger partial charge in [-0.25, -0.2) is 0 Å². The van der Waals surface area contributed by atoms with Gasteiger partial charge in [-0.1, -0.05) is 19.8 Å². The standard InChI is InChI=1S/C14H28N2O2/c1-3-4-6-13-9-14(15-7-5-8-17)11-16(10-13)12(2)18/h13-15,17H,3-11H2,1-2H3. The van der Waals surface area contributed by atoms with Gasteiger partial charge in [0.2, 0.25) is 5.91 Å². The van der Waals surface area contributed by atoms with Crippen LogP contribution in [0.5, 0.6) is 0 Å². The number of likely N-dealkylation sites (tertiary alicyclic amines) is 1. The summed E-state index contributed by atoms with van der Waals surface area (Å²) in [6.45, 7) is 6.69. The molecular formula is C14H28N2O2. The highest BCUT2D eigenvalue weighted by atomic mass is 16.3. The van der Waals surface area contributed by atoms with Gasteiger partial charge in [0, 0.05) is 32.7 Å². The highest BCUT2D eigenvalue weighted by Crippen LogP contribution is 2.22. The van der Waals surface area contributed by atoms with Crippen LogP contribution in [0.25, 0.3) is 0 Å². The minimum absolute atomic E-state index is 0.185. The molecule has 0 spiro atoms. The molecule has 4 nitrogen and oxygen atoms in total. The lowest BCUT2D eigenvalue weighted by atomic mass is 9.90. The zero-order valence-electron chi connectivity index (χ0n) is 11.8. The number of nitrogens with one attached hydrogen (secondary N) is 1. The predicted octanol–water partition coefficient (Wildman–Crippen LogP) is 1.39. The van der Waals surface area contributed by atoms with Crippen molar-refractivity contribution in [1.82, 2.24) is 10.2 Å². The fraction of sp³-hybridized carbons (Fsp3) is 0.929. The third kappa shape index (κ3) is 5.36. The molecule has 2 unspecified atom stereocenters. The third-order valence-electron chi connectivity index (χ3n) is 3.72. The van der Waals surface area contributed by atoms with E-state index in [1.807, 2.05) is 4.90 Å². The molecule has 1 aliphatic rings. The minimum atomic E-state index is 0.185. The first-order chi connectivity index (χ1) is 8.67. The summed E-state index contributed by atoms with van der Waals surface area (Å²) in [5.74, 6) is 0.819. The number of aliphatic hydroxyl groups excluding tert-OH is 1. The van der Waals surface area contributed by atoms with E-state index in [-0.39, 0.29) is 12.5 Å². The molecule has 1 fully saturated rings. The Morgan fingerprint density at radius 2 is 2.17 bits per heavy atom. The second-order valence-corrected chi connectivity index (χ2v) is 5.40. The molecule has 1 aliphatic heterocycles. The Hall–Kier alpha value is -0.610.